The largest absolute Gasteiger partial charge is 0.363 e. The Hall–Kier alpha value is -3.30. The lowest BCUT2D eigenvalue weighted by Gasteiger charge is -2.38. The third-order valence-corrected chi connectivity index (χ3v) is 6.29. The molecule has 0 bridgehead atoms. The molecule has 2 aromatic rings. The van der Waals surface area contributed by atoms with Crippen LogP contribution in [0.3, 0.4) is 0 Å². The smallest absolute Gasteiger partial charge is 0.255 e. The molecule has 0 aromatic carbocycles. The maximum atomic E-state index is 13.6. The average Bonchev–Trinajstić information content (AvgIpc) is 3.43. The van der Waals surface area contributed by atoms with E-state index in [0.29, 0.717) is 22.7 Å². The Morgan fingerprint density at radius 3 is 2.53 bits per heavy atom. The molecule has 1 saturated heterocycles. The number of nitrogens with one attached hydrogen (secondary N) is 2. The Balaban J connectivity index is 1.89. The maximum Gasteiger partial charge on any atom is 0.255 e. The fourth-order valence-corrected chi connectivity index (χ4v) is 4.08. The number of hydrogen-bond donors (Lipinski definition) is 2. The molecule has 36 heavy (non-hydrogen) atoms. The molecule has 1 aliphatic heterocycles. The minimum absolute atomic E-state index is 0.0365. The number of alkyl halides is 2. The Bertz CT molecular complexity index is 1150. The predicted octanol–water partition coefficient (Wildman–Crippen LogP) is 4.64. The van der Waals surface area contributed by atoms with Crippen molar-refractivity contribution in [3.05, 3.63) is 47.6 Å². The topological polar surface area (TPSA) is 95.4 Å². The van der Waals surface area contributed by atoms with E-state index in [-0.39, 0.29) is 31.8 Å². The van der Waals surface area contributed by atoms with E-state index < -0.39 is 23.3 Å². The van der Waals surface area contributed by atoms with Gasteiger partial charge >= 0.3 is 0 Å². The average molecular weight is 503 g/mol. The molecule has 0 saturated carbocycles. The second kappa shape index (κ2) is 10.8. The molecular weight excluding hydrogens is 466 g/mol. The fraction of sp³-hybridized carbons (Fsp3) is 0.538. The number of H-pyrrole nitrogens is 1. The zero-order valence-electron chi connectivity index (χ0n) is 21.9. The summed E-state index contributed by atoms with van der Waals surface area (Å²) in [7, 11) is 0. The van der Waals surface area contributed by atoms with Crippen LogP contribution < -0.4 is 5.32 Å². The van der Waals surface area contributed by atoms with E-state index in [1.807, 2.05) is 59.9 Å². The van der Waals surface area contributed by atoms with Gasteiger partial charge in [0.1, 0.15) is 6.04 Å². The molecule has 1 atom stereocenters. The number of likely N-dealkylation sites (tertiary alicyclic amines) is 1. The number of aromatic amines is 1. The third-order valence-electron chi connectivity index (χ3n) is 6.29. The molecule has 0 aliphatic carbocycles. The van der Waals surface area contributed by atoms with Gasteiger partial charge in [0, 0.05) is 56.1 Å². The van der Waals surface area contributed by atoms with Crippen LogP contribution in [-0.2, 0) is 11.3 Å². The molecular formula is C26H36F2N6O2. The molecule has 0 unspecified atom stereocenters. The first kappa shape index (κ1) is 27.3. The van der Waals surface area contributed by atoms with Crippen molar-refractivity contribution in [3.63, 3.8) is 0 Å². The van der Waals surface area contributed by atoms with E-state index in [2.05, 4.69) is 15.4 Å². The number of aliphatic imine (C=N–C) groups is 1. The molecule has 196 valence electrons. The van der Waals surface area contributed by atoms with Crippen LogP contribution in [0.2, 0.25) is 0 Å². The highest BCUT2D eigenvalue weighted by molar-refractivity contribution is 6.11. The minimum atomic E-state index is -2.76. The van der Waals surface area contributed by atoms with Gasteiger partial charge < -0.3 is 15.2 Å². The van der Waals surface area contributed by atoms with Gasteiger partial charge in [-0.3, -0.25) is 14.3 Å². The van der Waals surface area contributed by atoms with E-state index in [0.717, 1.165) is 12.1 Å². The molecule has 2 N–H and O–H groups in total. The molecule has 0 spiro atoms. The van der Waals surface area contributed by atoms with Gasteiger partial charge in [-0.2, -0.15) is 5.10 Å². The quantitative estimate of drug-likeness (QED) is 0.540. The molecule has 8 nitrogen and oxygen atoms in total. The third kappa shape index (κ3) is 6.27. The maximum absolute atomic E-state index is 13.6. The Morgan fingerprint density at radius 2 is 1.97 bits per heavy atom. The monoisotopic (exact) mass is 502 g/mol. The Kier molecular flexibility index (Phi) is 8.15. The van der Waals surface area contributed by atoms with Crippen LogP contribution in [0.1, 0.15) is 69.1 Å². The zero-order valence-corrected chi connectivity index (χ0v) is 21.9. The van der Waals surface area contributed by atoms with E-state index in [4.69, 9.17) is 4.99 Å². The molecule has 2 amide bonds. The standard InChI is InChI=1S/C26H36F2N6O2/c1-7-9-20(18-14-30-34(8-2)16-18)31-21-17(3)29-15-19(21)23(35)32-22(25(4,5)6)24(36)33-12-10-26(27,28)11-13-33/h7,9,14-16,22,29H,8,10-13H2,1-6H3,(H,32,35)/t22-/m0/s1. The molecule has 3 rings (SSSR count). The van der Waals surface area contributed by atoms with E-state index in [1.54, 1.807) is 17.1 Å². The lowest BCUT2D eigenvalue weighted by Crippen LogP contribution is -2.56. The van der Waals surface area contributed by atoms with Crippen molar-refractivity contribution < 1.29 is 18.4 Å². The second-order valence-electron chi connectivity index (χ2n) is 10.2. The highest BCUT2D eigenvalue weighted by Crippen LogP contribution is 2.31. The van der Waals surface area contributed by atoms with Crippen LogP contribution in [0.5, 0.6) is 0 Å². The first-order chi connectivity index (χ1) is 16.9. The normalized spacial score (nSPS) is 17.4. The lowest BCUT2D eigenvalue weighted by molar-refractivity contribution is -0.141. The van der Waals surface area contributed by atoms with Crippen LogP contribution in [0.4, 0.5) is 14.5 Å². The Morgan fingerprint density at radius 1 is 1.31 bits per heavy atom. The van der Waals surface area contributed by atoms with Crippen molar-refractivity contribution in [1.29, 1.82) is 0 Å². The summed E-state index contributed by atoms with van der Waals surface area (Å²) >= 11 is 0. The first-order valence-electron chi connectivity index (χ1n) is 12.3. The van der Waals surface area contributed by atoms with Gasteiger partial charge in [0.05, 0.1) is 23.2 Å². The van der Waals surface area contributed by atoms with E-state index >= 15 is 0 Å². The van der Waals surface area contributed by atoms with Crippen LogP contribution >= 0.6 is 0 Å². The molecule has 10 heteroatoms. The van der Waals surface area contributed by atoms with Crippen molar-refractivity contribution in [3.8, 4) is 0 Å². The molecule has 0 radical (unpaired) electrons. The zero-order chi connectivity index (χ0) is 26.7. The molecule has 1 aliphatic rings. The lowest BCUT2D eigenvalue weighted by atomic mass is 9.85. The summed E-state index contributed by atoms with van der Waals surface area (Å²) < 4.78 is 29.0. The summed E-state index contributed by atoms with van der Waals surface area (Å²) in [6.07, 6.45) is 8.14. The number of piperidine rings is 1. The molecule has 1 fully saturated rings. The number of allylic oxidation sites excluding steroid dienone is 2. The SMILES string of the molecule is CC=CC(=Nc1c(C(=O)N[C@@H](C(=O)N2CCC(F)(F)CC2)C(C)(C)C)c[nH]c1C)c1cnn(CC)c1. The van der Waals surface area contributed by atoms with Crippen molar-refractivity contribution in [2.75, 3.05) is 13.1 Å². The first-order valence-corrected chi connectivity index (χ1v) is 12.3. The number of carbonyl (C=O) groups excluding carboxylic acids is 2. The van der Waals surface area contributed by atoms with Crippen LogP contribution in [0, 0.1) is 12.3 Å². The van der Waals surface area contributed by atoms with Gasteiger partial charge in [-0.15, -0.1) is 0 Å². The number of aryl methyl sites for hydroxylation is 2. The van der Waals surface area contributed by atoms with Crippen molar-refractivity contribution in [2.24, 2.45) is 10.4 Å². The second-order valence-corrected chi connectivity index (χ2v) is 10.2. The summed E-state index contributed by atoms with van der Waals surface area (Å²) in [6.45, 7) is 11.9. The van der Waals surface area contributed by atoms with Gasteiger partial charge in [0.2, 0.25) is 5.91 Å². The highest BCUT2D eigenvalue weighted by atomic mass is 19.3. The fourth-order valence-electron chi connectivity index (χ4n) is 4.08. The number of halogens is 2. The molecule has 3 heterocycles. The van der Waals surface area contributed by atoms with Crippen LogP contribution in [0.25, 0.3) is 0 Å². The van der Waals surface area contributed by atoms with Crippen molar-refractivity contribution in [1.82, 2.24) is 25.0 Å². The van der Waals surface area contributed by atoms with E-state index in [1.165, 1.54) is 4.90 Å². The summed E-state index contributed by atoms with van der Waals surface area (Å²) in [5.41, 5.74) is 2.28. The summed E-state index contributed by atoms with van der Waals surface area (Å²) in [4.78, 5) is 36.0. The van der Waals surface area contributed by atoms with Crippen LogP contribution in [-0.4, -0.2) is 62.2 Å². The highest BCUT2D eigenvalue weighted by Gasteiger charge is 2.41. The number of rotatable bonds is 7. The number of carbonyl (C=O) groups is 2. The number of amides is 2. The minimum Gasteiger partial charge on any atom is -0.363 e. The van der Waals surface area contributed by atoms with Crippen LogP contribution in [0.15, 0.2) is 35.7 Å². The Labute approximate surface area is 210 Å². The summed E-state index contributed by atoms with van der Waals surface area (Å²) in [5.74, 6) is -3.58. The summed E-state index contributed by atoms with van der Waals surface area (Å²) in [5, 5.41) is 7.17. The van der Waals surface area contributed by atoms with Gasteiger partial charge in [-0.25, -0.2) is 13.8 Å². The summed E-state index contributed by atoms with van der Waals surface area (Å²) in [6, 6.07) is -0.887. The van der Waals surface area contributed by atoms with Gasteiger partial charge in [0.15, 0.2) is 0 Å². The van der Waals surface area contributed by atoms with Crippen molar-refractivity contribution in [2.45, 2.75) is 72.9 Å². The molecule has 2 aromatic heterocycles. The van der Waals surface area contributed by atoms with E-state index in [9.17, 15) is 18.4 Å². The van der Waals surface area contributed by atoms with Gasteiger partial charge in [0.25, 0.3) is 11.8 Å². The van der Waals surface area contributed by atoms with Gasteiger partial charge in [-0.05, 0) is 32.3 Å². The van der Waals surface area contributed by atoms with Gasteiger partial charge in [-0.1, -0.05) is 26.8 Å². The van der Waals surface area contributed by atoms with Crippen molar-refractivity contribution >= 4 is 23.2 Å². The number of nitrogens with zero attached hydrogens (tertiary/aromatic N) is 4. The number of hydrogen-bond acceptors (Lipinski definition) is 4. The predicted molar refractivity (Wildman–Crippen MR) is 136 cm³/mol. The number of aromatic nitrogens is 3.